The summed E-state index contributed by atoms with van der Waals surface area (Å²) >= 11 is 0. The van der Waals surface area contributed by atoms with Crippen molar-refractivity contribution in [1.82, 2.24) is 4.90 Å². The van der Waals surface area contributed by atoms with Crippen LogP contribution in [0.3, 0.4) is 0 Å². The van der Waals surface area contributed by atoms with Crippen LogP contribution in [0.5, 0.6) is 0 Å². The van der Waals surface area contributed by atoms with E-state index in [-0.39, 0.29) is 6.04 Å². The highest BCUT2D eigenvalue weighted by molar-refractivity contribution is 5.70. The van der Waals surface area contributed by atoms with Gasteiger partial charge in [-0.25, -0.2) is 0 Å². The van der Waals surface area contributed by atoms with Gasteiger partial charge in [-0.1, -0.05) is 6.92 Å². The first-order chi connectivity index (χ1) is 4.46. The number of nitrogens with zero attached hydrogens (tertiary/aromatic N) is 1. The first kappa shape index (κ1) is 9.43. The van der Waals surface area contributed by atoms with Gasteiger partial charge < -0.3 is 10.0 Å². The Morgan fingerprint density at radius 1 is 1.60 bits per heavy atom. The molecule has 0 fully saturated rings. The van der Waals surface area contributed by atoms with Gasteiger partial charge in [0.2, 0.25) is 0 Å². The number of carbonyl (C=O) groups is 1. The van der Waals surface area contributed by atoms with Gasteiger partial charge in [-0.15, -0.1) is 0 Å². The highest BCUT2D eigenvalue weighted by atomic mass is 16.4. The molecule has 2 atom stereocenters. The number of hydrogen-bond acceptors (Lipinski definition) is 2. The number of carboxylic acid groups (broad SMARTS) is 1. The topological polar surface area (TPSA) is 40.5 Å². The molecule has 10 heavy (non-hydrogen) atoms. The first-order valence-corrected chi connectivity index (χ1v) is 3.19. The van der Waals surface area contributed by atoms with Crippen molar-refractivity contribution in [1.29, 1.82) is 0 Å². The van der Waals surface area contributed by atoms with Gasteiger partial charge in [-0.05, 0) is 21.0 Å². The molecule has 0 aromatic heterocycles. The number of carboxylic acids is 1. The summed E-state index contributed by atoms with van der Waals surface area (Å²) in [7, 11) is 3.63. The van der Waals surface area contributed by atoms with E-state index in [2.05, 4.69) is 6.92 Å². The number of hydrogen-bond donors (Lipinski definition) is 1. The van der Waals surface area contributed by atoms with Crippen molar-refractivity contribution < 1.29 is 9.90 Å². The summed E-state index contributed by atoms with van der Waals surface area (Å²) < 4.78 is 0. The minimum absolute atomic E-state index is 0.155. The average molecular weight is 144 g/mol. The van der Waals surface area contributed by atoms with E-state index in [9.17, 15) is 4.79 Å². The molecule has 3 nitrogen and oxygen atoms in total. The summed E-state index contributed by atoms with van der Waals surface area (Å²) in [4.78, 5) is 12.2. The minimum atomic E-state index is -0.797. The summed E-state index contributed by atoms with van der Waals surface area (Å²) in [6.45, 7) is 5.36. The zero-order chi connectivity index (χ0) is 8.31. The Balaban J connectivity index is 3.94. The summed E-state index contributed by atoms with van der Waals surface area (Å²) in [6, 6.07) is -0.155. The quantitative estimate of drug-likeness (QED) is 0.626. The Bertz CT molecular complexity index is 123. The molecule has 0 amide bonds. The third-order valence-corrected chi connectivity index (χ3v) is 1.63. The van der Waals surface area contributed by atoms with Gasteiger partial charge in [0, 0.05) is 6.04 Å². The lowest BCUT2D eigenvalue weighted by Gasteiger charge is -2.22. The molecule has 0 saturated carbocycles. The Labute approximate surface area is 61.6 Å². The lowest BCUT2D eigenvalue weighted by molar-refractivity contribution is -0.142. The van der Waals surface area contributed by atoms with Crippen LogP contribution in [0.4, 0.5) is 0 Å². The van der Waals surface area contributed by atoms with E-state index < -0.39 is 11.9 Å². The van der Waals surface area contributed by atoms with Crippen LogP contribution >= 0.6 is 0 Å². The summed E-state index contributed by atoms with van der Waals surface area (Å²) in [6.07, 6.45) is 0. The number of rotatable bonds is 3. The van der Waals surface area contributed by atoms with E-state index in [1.54, 1.807) is 11.8 Å². The fourth-order valence-corrected chi connectivity index (χ4v) is 0.612. The van der Waals surface area contributed by atoms with Crippen molar-refractivity contribution in [2.24, 2.45) is 5.92 Å². The molecule has 3 heteroatoms. The van der Waals surface area contributed by atoms with Crippen molar-refractivity contribution >= 4 is 5.97 Å². The van der Waals surface area contributed by atoms with Crippen molar-refractivity contribution in [3.8, 4) is 0 Å². The van der Waals surface area contributed by atoms with Crippen LogP contribution in [-0.4, -0.2) is 36.1 Å². The molecule has 0 heterocycles. The van der Waals surface area contributed by atoms with Gasteiger partial charge in [-0.2, -0.15) is 0 Å². The predicted molar refractivity (Wildman–Crippen MR) is 39.6 cm³/mol. The third-order valence-electron chi connectivity index (χ3n) is 1.63. The highest BCUT2D eigenvalue weighted by Crippen LogP contribution is 2.06. The lowest BCUT2D eigenvalue weighted by Crippen LogP contribution is -2.35. The molecule has 0 bridgehead atoms. The third kappa shape index (κ3) is 2.35. The molecular formula is C7H14NO2. The monoisotopic (exact) mass is 144 g/mol. The maximum atomic E-state index is 10.4. The Hall–Kier alpha value is -0.570. The maximum Gasteiger partial charge on any atom is 0.307 e. The predicted octanol–water partition coefficient (Wildman–Crippen LogP) is 0.471. The summed E-state index contributed by atoms with van der Waals surface area (Å²) in [5, 5.41) is 8.53. The Morgan fingerprint density at radius 2 is 2.00 bits per heavy atom. The van der Waals surface area contributed by atoms with Crippen LogP contribution in [0.2, 0.25) is 0 Å². The minimum Gasteiger partial charge on any atom is -0.481 e. The van der Waals surface area contributed by atoms with E-state index in [0.717, 1.165) is 0 Å². The van der Waals surface area contributed by atoms with Crippen LogP contribution in [-0.2, 0) is 4.79 Å². The molecule has 0 rings (SSSR count). The normalized spacial score (nSPS) is 16.9. The fraction of sp³-hybridized carbons (Fsp3) is 0.714. The molecule has 1 radical (unpaired) electrons. The van der Waals surface area contributed by atoms with Crippen molar-refractivity contribution in [2.75, 3.05) is 14.1 Å². The summed E-state index contributed by atoms with van der Waals surface area (Å²) in [5.74, 6) is -1.20. The number of aliphatic carboxylic acids is 1. The molecule has 2 unspecified atom stereocenters. The van der Waals surface area contributed by atoms with E-state index in [1.807, 2.05) is 14.1 Å². The average Bonchev–Trinajstić information content (AvgIpc) is 1.84. The van der Waals surface area contributed by atoms with Gasteiger partial charge >= 0.3 is 5.97 Å². The molecule has 0 aromatic carbocycles. The lowest BCUT2D eigenvalue weighted by atomic mass is 10.0. The van der Waals surface area contributed by atoms with Crippen molar-refractivity contribution in [2.45, 2.75) is 13.0 Å². The molecule has 1 N–H and O–H groups in total. The Morgan fingerprint density at radius 3 is 2.10 bits per heavy atom. The molecule has 0 aliphatic carbocycles. The molecule has 0 aliphatic rings. The second-order valence-corrected chi connectivity index (χ2v) is 2.66. The van der Waals surface area contributed by atoms with E-state index in [1.165, 1.54) is 0 Å². The highest BCUT2D eigenvalue weighted by Gasteiger charge is 2.20. The molecule has 0 aliphatic heterocycles. The Kier molecular flexibility index (Phi) is 3.36. The maximum absolute atomic E-state index is 10.4. The standard InChI is InChI=1S/C7H14NO2/c1-5(7(9)10)6(2)8(3)4/h5-6H,2H2,1,3-4H3,(H,9,10). The van der Waals surface area contributed by atoms with E-state index >= 15 is 0 Å². The second-order valence-electron chi connectivity index (χ2n) is 2.66. The molecule has 0 aromatic rings. The molecule has 0 saturated heterocycles. The van der Waals surface area contributed by atoms with Gasteiger partial charge in [-0.3, -0.25) is 4.79 Å². The van der Waals surface area contributed by atoms with Crippen LogP contribution in [0.15, 0.2) is 0 Å². The zero-order valence-electron chi connectivity index (χ0n) is 6.66. The zero-order valence-corrected chi connectivity index (χ0v) is 6.66. The molecule has 59 valence electrons. The van der Waals surface area contributed by atoms with Crippen LogP contribution < -0.4 is 0 Å². The second kappa shape index (κ2) is 3.56. The van der Waals surface area contributed by atoms with Crippen LogP contribution in [0.25, 0.3) is 0 Å². The van der Waals surface area contributed by atoms with Gasteiger partial charge in [0.25, 0.3) is 0 Å². The van der Waals surface area contributed by atoms with Gasteiger partial charge in [0.05, 0.1) is 5.92 Å². The van der Waals surface area contributed by atoms with E-state index in [4.69, 9.17) is 5.11 Å². The van der Waals surface area contributed by atoms with Crippen LogP contribution in [0.1, 0.15) is 6.92 Å². The molecular weight excluding hydrogens is 130 g/mol. The molecule has 0 spiro atoms. The first-order valence-electron chi connectivity index (χ1n) is 3.19. The van der Waals surface area contributed by atoms with Crippen molar-refractivity contribution in [3.63, 3.8) is 0 Å². The van der Waals surface area contributed by atoms with Crippen molar-refractivity contribution in [3.05, 3.63) is 6.92 Å². The largest absolute Gasteiger partial charge is 0.481 e. The van der Waals surface area contributed by atoms with Crippen LogP contribution in [0, 0.1) is 12.8 Å². The van der Waals surface area contributed by atoms with E-state index in [0.29, 0.717) is 0 Å². The SMILES string of the molecule is [CH2]C(C(C)C(=O)O)N(C)C. The van der Waals surface area contributed by atoms with Gasteiger partial charge in [0.1, 0.15) is 0 Å². The summed E-state index contributed by atoms with van der Waals surface area (Å²) in [5.41, 5.74) is 0. The smallest absolute Gasteiger partial charge is 0.307 e. The fourth-order valence-electron chi connectivity index (χ4n) is 0.612. The van der Waals surface area contributed by atoms with Gasteiger partial charge in [0.15, 0.2) is 0 Å².